The van der Waals surface area contributed by atoms with Crippen LogP contribution in [0.25, 0.3) is 5.69 Å². The van der Waals surface area contributed by atoms with Crippen molar-refractivity contribution in [2.45, 2.75) is 38.1 Å². The Kier molecular flexibility index (Phi) is 8.71. The highest BCUT2D eigenvalue weighted by Gasteiger charge is 2.33. The lowest BCUT2D eigenvalue weighted by molar-refractivity contribution is -0.385. The molecule has 14 heteroatoms. The zero-order chi connectivity index (χ0) is 29.0. The van der Waals surface area contributed by atoms with Crippen LogP contribution in [0, 0.1) is 17.0 Å². The maximum Gasteiger partial charge on any atom is 0.272 e. The third-order valence-electron chi connectivity index (χ3n) is 6.52. The number of carbonyl (C=O) groups excluding carboxylic acids is 1. The number of hydrogen-bond acceptors (Lipinski definition) is 9. The second-order valence-electron chi connectivity index (χ2n) is 9.18. The van der Waals surface area contributed by atoms with Crippen molar-refractivity contribution in [1.82, 2.24) is 19.4 Å². The number of non-ortho nitro benzene ring substituents is 1. The molecule has 1 fully saturated rings. The van der Waals surface area contributed by atoms with Gasteiger partial charge in [0.15, 0.2) is 5.69 Å². The summed E-state index contributed by atoms with van der Waals surface area (Å²) in [5.74, 6) is 0.100. The molecule has 0 bridgehead atoms. The SMILES string of the molecule is CC[C@@H](C)NC(=O)c1nn(-c2ccc(OC)cc2)c(Oc2ccc([N+](=O)[O-])cc2S(=O)(=O)N2CCOCC2)c1C. The first-order chi connectivity index (χ1) is 19.1. The number of amides is 1. The molecule has 214 valence electrons. The molecule has 1 aliphatic heterocycles. The van der Waals surface area contributed by atoms with E-state index in [1.165, 1.54) is 22.2 Å². The summed E-state index contributed by atoms with van der Waals surface area (Å²) >= 11 is 0. The van der Waals surface area contributed by atoms with Gasteiger partial charge in [0, 0.05) is 36.8 Å². The highest BCUT2D eigenvalue weighted by molar-refractivity contribution is 7.89. The van der Waals surface area contributed by atoms with Gasteiger partial charge in [-0.25, -0.2) is 8.42 Å². The Labute approximate surface area is 231 Å². The molecule has 2 aromatic carbocycles. The second-order valence-corrected chi connectivity index (χ2v) is 11.1. The molecule has 1 amide bonds. The van der Waals surface area contributed by atoms with Crippen molar-refractivity contribution < 1.29 is 32.3 Å². The molecule has 1 aromatic heterocycles. The number of rotatable bonds is 10. The fraction of sp³-hybridized carbons (Fsp3) is 0.385. The van der Waals surface area contributed by atoms with E-state index in [1.807, 2.05) is 13.8 Å². The number of sulfonamides is 1. The van der Waals surface area contributed by atoms with Crippen LogP contribution in [0.2, 0.25) is 0 Å². The van der Waals surface area contributed by atoms with Gasteiger partial charge in [-0.1, -0.05) is 6.92 Å². The predicted molar refractivity (Wildman–Crippen MR) is 145 cm³/mol. The molecule has 0 radical (unpaired) electrons. The number of methoxy groups -OCH3 is 1. The third kappa shape index (κ3) is 5.93. The van der Waals surface area contributed by atoms with E-state index in [0.717, 1.165) is 12.1 Å². The monoisotopic (exact) mass is 573 g/mol. The summed E-state index contributed by atoms with van der Waals surface area (Å²) in [6.45, 7) is 6.01. The van der Waals surface area contributed by atoms with Crippen molar-refractivity contribution in [3.05, 3.63) is 63.8 Å². The van der Waals surface area contributed by atoms with Crippen LogP contribution >= 0.6 is 0 Å². The Bertz CT molecular complexity index is 1500. The number of nitrogens with zero attached hydrogens (tertiary/aromatic N) is 4. The summed E-state index contributed by atoms with van der Waals surface area (Å²) in [6, 6.07) is 10.1. The average molecular weight is 574 g/mol. The Morgan fingerprint density at radius 3 is 2.48 bits per heavy atom. The van der Waals surface area contributed by atoms with Gasteiger partial charge in [-0.15, -0.1) is 0 Å². The zero-order valence-corrected chi connectivity index (χ0v) is 23.4. The Morgan fingerprint density at radius 2 is 1.88 bits per heavy atom. The number of morpholine rings is 1. The molecular formula is C26H31N5O8S. The number of nitro groups is 1. The smallest absolute Gasteiger partial charge is 0.272 e. The van der Waals surface area contributed by atoms with Crippen molar-refractivity contribution in [3.8, 4) is 23.1 Å². The average Bonchev–Trinajstić information content (AvgIpc) is 3.29. The van der Waals surface area contributed by atoms with Gasteiger partial charge in [-0.3, -0.25) is 14.9 Å². The fourth-order valence-corrected chi connectivity index (χ4v) is 5.58. The molecule has 1 N–H and O–H groups in total. The summed E-state index contributed by atoms with van der Waals surface area (Å²) < 4.78 is 46.5. The number of ether oxygens (including phenoxy) is 3. The quantitative estimate of drug-likeness (QED) is 0.284. The van der Waals surface area contributed by atoms with Gasteiger partial charge < -0.3 is 19.5 Å². The molecule has 2 heterocycles. The number of nitro benzene ring substituents is 1. The third-order valence-corrected chi connectivity index (χ3v) is 8.44. The highest BCUT2D eigenvalue weighted by atomic mass is 32.2. The lowest BCUT2D eigenvalue weighted by atomic mass is 10.2. The van der Waals surface area contributed by atoms with Crippen LogP contribution < -0.4 is 14.8 Å². The molecule has 1 atom stereocenters. The van der Waals surface area contributed by atoms with E-state index in [-0.39, 0.29) is 54.6 Å². The van der Waals surface area contributed by atoms with Gasteiger partial charge in [0.1, 0.15) is 16.4 Å². The molecule has 3 aromatic rings. The molecule has 0 spiro atoms. The second kappa shape index (κ2) is 12.0. The molecule has 0 aliphatic carbocycles. The lowest BCUT2D eigenvalue weighted by Gasteiger charge is -2.26. The largest absolute Gasteiger partial charge is 0.497 e. The van der Waals surface area contributed by atoms with Crippen LogP contribution in [0.1, 0.15) is 36.3 Å². The molecule has 13 nitrogen and oxygen atoms in total. The van der Waals surface area contributed by atoms with E-state index in [4.69, 9.17) is 14.2 Å². The summed E-state index contributed by atoms with van der Waals surface area (Å²) in [4.78, 5) is 23.6. The van der Waals surface area contributed by atoms with Crippen LogP contribution in [0.15, 0.2) is 47.4 Å². The van der Waals surface area contributed by atoms with Crippen LogP contribution in [0.4, 0.5) is 5.69 Å². The number of nitrogens with one attached hydrogen (secondary N) is 1. The van der Waals surface area contributed by atoms with Gasteiger partial charge in [0.2, 0.25) is 15.9 Å². The molecule has 40 heavy (non-hydrogen) atoms. The van der Waals surface area contributed by atoms with Crippen LogP contribution in [0.5, 0.6) is 17.4 Å². The van der Waals surface area contributed by atoms with E-state index in [9.17, 15) is 23.3 Å². The van der Waals surface area contributed by atoms with E-state index in [0.29, 0.717) is 23.4 Å². The minimum Gasteiger partial charge on any atom is -0.497 e. The number of aromatic nitrogens is 2. The lowest BCUT2D eigenvalue weighted by Crippen LogP contribution is -2.40. The minimum absolute atomic E-state index is 0.0757. The standard InChI is InChI=1S/C26H31N5O8S/c1-5-17(2)27-25(32)24-18(3)26(30(28-24)19-6-9-21(37-4)10-7-19)39-22-11-8-20(31(33)34)16-23(22)40(35,36)29-12-14-38-15-13-29/h6-11,16-17H,5,12-15H2,1-4H3,(H,27,32)/t17-/m1/s1. The van der Waals surface area contributed by atoms with Crippen molar-refractivity contribution in [3.63, 3.8) is 0 Å². The van der Waals surface area contributed by atoms with Crippen LogP contribution in [0.3, 0.4) is 0 Å². The molecule has 1 aliphatic rings. The molecule has 1 saturated heterocycles. The Balaban J connectivity index is 1.85. The van der Waals surface area contributed by atoms with Crippen LogP contribution in [-0.4, -0.2) is 72.8 Å². The maximum atomic E-state index is 13.6. The molecular weight excluding hydrogens is 542 g/mol. The maximum absolute atomic E-state index is 13.6. The minimum atomic E-state index is -4.20. The summed E-state index contributed by atoms with van der Waals surface area (Å²) in [5, 5.41) is 18.9. The first kappa shape index (κ1) is 29.0. The van der Waals surface area contributed by atoms with Gasteiger partial charge in [0.05, 0.1) is 30.9 Å². The van der Waals surface area contributed by atoms with E-state index in [2.05, 4.69) is 10.4 Å². The van der Waals surface area contributed by atoms with E-state index >= 15 is 0 Å². The van der Waals surface area contributed by atoms with E-state index < -0.39 is 26.5 Å². The normalized spacial score (nSPS) is 14.9. The topological polar surface area (TPSA) is 155 Å². The summed E-state index contributed by atoms with van der Waals surface area (Å²) in [7, 11) is -2.67. The first-order valence-electron chi connectivity index (χ1n) is 12.7. The van der Waals surface area contributed by atoms with E-state index in [1.54, 1.807) is 31.2 Å². The molecule has 0 unspecified atom stereocenters. The molecule has 4 rings (SSSR count). The van der Waals surface area contributed by atoms with Crippen LogP contribution in [-0.2, 0) is 14.8 Å². The Morgan fingerprint density at radius 1 is 1.20 bits per heavy atom. The zero-order valence-electron chi connectivity index (χ0n) is 22.6. The van der Waals surface area contributed by atoms with Gasteiger partial charge in [-0.2, -0.15) is 14.1 Å². The van der Waals surface area contributed by atoms with Gasteiger partial charge in [0.25, 0.3) is 11.6 Å². The number of benzene rings is 2. The van der Waals surface area contributed by atoms with Crippen molar-refractivity contribution in [1.29, 1.82) is 0 Å². The summed E-state index contributed by atoms with van der Waals surface area (Å²) in [5.41, 5.74) is 0.546. The van der Waals surface area contributed by atoms with Gasteiger partial charge >= 0.3 is 0 Å². The molecule has 0 saturated carbocycles. The first-order valence-corrected chi connectivity index (χ1v) is 14.1. The van der Waals surface area contributed by atoms with Crippen molar-refractivity contribution >= 4 is 21.6 Å². The van der Waals surface area contributed by atoms with Crippen molar-refractivity contribution in [2.24, 2.45) is 0 Å². The Hall–Kier alpha value is -4.01. The van der Waals surface area contributed by atoms with Crippen molar-refractivity contribution in [2.75, 3.05) is 33.4 Å². The predicted octanol–water partition coefficient (Wildman–Crippen LogP) is 3.44. The highest BCUT2D eigenvalue weighted by Crippen LogP contribution is 2.37. The number of carbonyl (C=O) groups is 1. The number of hydrogen-bond donors (Lipinski definition) is 1. The summed E-state index contributed by atoms with van der Waals surface area (Å²) in [6.07, 6.45) is 0.707. The van der Waals surface area contributed by atoms with Gasteiger partial charge in [-0.05, 0) is 50.6 Å². The fourth-order valence-electron chi connectivity index (χ4n) is 4.04.